The molecule has 1 aliphatic rings. The standard InChI is InChI=1S/C23H24Cl2N4/c24-19-8-4-17(5-9-19)22-23(18-6-10-20(25)11-7-18)28-21(16-27-22)26-12-15-29-13-2-1-3-14-29/h4-11,16H,1-3,12-15H2,(H,26,28). The minimum Gasteiger partial charge on any atom is -0.367 e. The second kappa shape index (κ2) is 9.57. The van der Waals surface area contributed by atoms with E-state index in [0.717, 1.165) is 41.4 Å². The average Bonchev–Trinajstić information content (AvgIpc) is 2.76. The molecule has 1 N–H and O–H groups in total. The van der Waals surface area contributed by atoms with Gasteiger partial charge in [-0.25, -0.2) is 4.98 Å². The van der Waals surface area contributed by atoms with Gasteiger partial charge in [-0.15, -0.1) is 0 Å². The van der Waals surface area contributed by atoms with E-state index in [1.54, 1.807) is 6.20 Å². The number of piperidine rings is 1. The fourth-order valence-corrected chi connectivity index (χ4v) is 3.88. The maximum absolute atomic E-state index is 6.08. The molecule has 0 radical (unpaired) electrons. The first-order valence-electron chi connectivity index (χ1n) is 10.0. The summed E-state index contributed by atoms with van der Waals surface area (Å²) in [5.74, 6) is 0.782. The van der Waals surface area contributed by atoms with Crippen molar-refractivity contribution in [2.24, 2.45) is 0 Å². The molecule has 150 valence electrons. The molecule has 2 aromatic carbocycles. The highest BCUT2D eigenvalue weighted by Crippen LogP contribution is 2.31. The van der Waals surface area contributed by atoms with Crippen LogP contribution < -0.4 is 5.32 Å². The zero-order chi connectivity index (χ0) is 20.1. The highest BCUT2D eigenvalue weighted by molar-refractivity contribution is 6.31. The summed E-state index contributed by atoms with van der Waals surface area (Å²) < 4.78 is 0. The predicted molar refractivity (Wildman–Crippen MR) is 122 cm³/mol. The summed E-state index contributed by atoms with van der Waals surface area (Å²) in [6.45, 7) is 4.27. The van der Waals surface area contributed by atoms with Crippen molar-refractivity contribution in [3.8, 4) is 22.5 Å². The van der Waals surface area contributed by atoms with E-state index in [0.29, 0.717) is 10.0 Å². The van der Waals surface area contributed by atoms with Gasteiger partial charge in [0.2, 0.25) is 0 Å². The van der Waals surface area contributed by atoms with Gasteiger partial charge in [-0.1, -0.05) is 53.9 Å². The second-order valence-electron chi connectivity index (χ2n) is 7.30. The predicted octanol–water partition coefficient (Wildman–Crippen LogP) is 6.02. The fourth-order valence-electron chi connectivity index (χ4n) is 3.63. The second-order valence-corrected chi connectivity index (χ2v) is 8.17. The Morgan fingerprint density at radius 1 is 0.793 bits per heavy atom. The van der Waals surface area contributed by atoms with Gasteiger partial charge in [0, 0.05) is 34.3 Å². The maximum atomic E-state index is 6.08. The van der Waals surface area contributed by atoms with Crippen LogP contribution in [0.5, 0.6) is 0 Å². The summed E-state index contributed by atoms with van der Waals surface area (Å²) in [5, 5.41) is 4.84. The number of rotatable bonds is 6. The third-order valence-electron chi connectivity index (χ3n) is 5.19. The zero-order valence-electron chi connectivity index (χ0n) is 16.2. The number of hydrogen-bond donors (Lipinski definition) is 1. The summed E-state index contributed by atoms with van der Waals surface area (Å²) in [4.78, 5) is 12.1. The molecule has 4 nitrogen and oxygen atoms in total. The molecule has 0 unspecified atom stereocenters. The number of benzene rings is 2. The minimum atomic E-state index is 0.700. The number of hydrogen-bond acceptors (Lipinski definition) is 4. The van der Waals surface area contributed by atoms with Gasteiger partial charge in [-0.3, -0.25) is 4.98 Å². The van der Waals surface area contributed by atoms with Crippen LogP contribution in [0.2, 0.25) is 10.0 Å². The monoisotopic (exact) mass is 426 g/mol. The molecule has 1 fully saturated rings. The molecular weight excluding hydrogens is 403 g/mol. The fraction of sp³-hybridized carbons (Fsp3) is 0.304. The van der Waals surface area contributed by atoms with Crippen molar-refractivity contribution in [1.29, 1.82) is 0 Å². The zero-order valence-corrected chi connectivity index (χ0v) is 17.8. The number of aromatic nitrogens is 2. The van der Waals surface area contributed by atoms with Crippen LogP contribution in [0, 0.1) is 0 Å². The molecule has 6 heteroatoms. The molecule has 0 atom stereocenters. The van der Waals surface area contributed by atoms with Crippen LogP contribution in [0.3, 0.4) is 0 Å². The Balaban J connectivity index is 1.58. The summed E-state index contributed by atoms with van der Waals surface area (Å²) in [6, 6.07) is 15.4. The number of likely N-dealkylation sites (tertiary alicyclic amines) is 1. The Morgan fingerprint density at radius 3 is 2.00 bits per heavy atom. The number of anilines is 1. The van der Waals surface area contributed by atoms with Crippen LogP contribution in [0.25, 0.3) is 22.5 Å². The lowest BCUT2D eigenvalue weighted by atomic mass is 10.0. The molecule has 1 saturated heterocycles. The number of nitrogens with zero attached hydrogens (tertiary/aromatic N) is 3. The molecule has 3 aromatic rings. The SMILES string of the molecule is Clc1ccc(-c2ncc(NCCN3CCCCC3)nc2-c2ccc(Cl)cc2)cc1. The van der Waals surface area contributed by atoms with Crippen molar-refractivity contribution in [1.82, 2.24) is 14.9 Å². The van der Waals surface area contributed by atoms with E-state index in [-0.39, 0.29) is 0 Å². The average molecular weight is 427 g/mol. The first-order valence-corrected chi connectivity index (χ1v) is 10.8. The Bertz CT molecular complexity index is 936. The molecule has 2 heterocycles. The molecule has 0 aliphatic carbocycles. The molecule has 1 aliphatic heterocycles. The maximum Gasteiger partial charge on any atom is 0.145 e. The third kappa shape index (κ3) is 5.27. The number of halogens is 2. The van der Waals surface area contributed by atoms with Gasteiger partial charge in [0.05, 0.1) is 17.6 Å². The Kier molecular flexibility index (Phi) is 6.65. The first kappa shape index (κ1) is 20.1. The van der Waals surface area contributed by atoms with Gasteiger partial charge in [0.15, 0.2) is 0 Å². The van der Waals surface area contributed by atoms with Gasteiger partial charge in [-0.2, -0.15) is 0 Å². The molecule has 0 saturated carbocycles. The molecule has 1 aromatic heterocycles. The lowest BCUT2D eigenvalue weighted by Gasteiger charge is -2.26. The lowest BCUT2D eigenvalue weighted by molar-refractivity contribution is 0.237. The molecule has 0 amide bonds. The minimum absolute atomic E-state index is 0.700. The Hall–Kier alpha value is -2.14. The number of nitrogens with one attached hydrogen (secondary N) is 1. The smallest absolute Gasteiger partial charge is 0.145 e. The van der Waals surface area contributed by atoms with E-state index in [9.17, 15) is 0 Å². The van der Waals surface area contributed by atoms with Crippen molar-refractivity contribution in [2.75, 3.05) is 31.5 Å². The quantitative estimate of drug-likeness (QED) is 0.523. The molecule has 29 heavy (non-hydrogen) atoms. The van der Waals surface area contributed by atoms with Crippen molar-refractivity contribution in [3.05, 3.63) is 64.8 Å². The van der Waals surface area contributed by atoms with E-state index in [1.807, 2.05) is 48.5 Å². The summed E-state index contributed by atoms with van der Waals surface area (Å²) >= 11 is 12.1. The highest BCUT2D eigenvalue weighted by atomic mass is 35.5. The van der Waals surface area contributed by atoms with E-state index >= 15 is 0 Å². The van der Waals surface area contributed by atoms with Crippen molar-refractivity contribution >= 4 is 29.0 Å². The van der Waals surface area contributed by atoms with Crippen molar-refractivity contribution < 1.29 is 0 Å². The molecule has 4 rings (SSSR count). The van der Waals surface area contributed by atoms with Crippen molar-refractivity contribution in [2.45, 2.75) is 19.3 Å². The highest BCUT2D eigenvalue weighted by Gasteiger charge is 2.13. The summed E-state index contributed by atoms with van der Waals surface area (Å²) in [6.07, 6.45) is 5.76. The van der Waals surface area contributed by atoms with Gasteiger partial charge in [0.1, 0.15) is 5.82 Å². The normalized spacial score (nSPS) is 14.7. The van der Waals surface area contributed by atoms with Crippen molar-refractivity contribution in [3.63, 3.8) is 0 Å². The summed E-state index contributed by atoms with van der Waals surface area (Å²) in [7, 11) is 0. The first-order chi connectivity index (χ1) is 14.2. The van der Waals surface area contributed by atoms with Crippen LogP contribution in [-0.2, 0) is 0 Å². The van der Waals surface area contributed by atoms with E-state index in [4.69, 9.17) is 33.2 Å². The molecule has 0 bridgehead atoms. The van der Waals surface area contributed by atoms with Crippen LogP contribution in [0.4, 0.5) is 5.82 Å². The van der Waals surface area contributed by atoms with Gasteiger partial charge in [-0.05, 0) is 50.2 Å². The van der Waals surface area contributed by atoms with Crippen LogP contribution in [-0.4, -0.2) is 41.0 Å². The van der Waals surface area contributed by atoms with E-state index < -0.39 is 0 Å². The van der Waals surface area contributed by atoms with Gasteiger partial charge < -0.3 is 10.2 Å². The van der Waals surface area contributed by atoms with Crippen LogP contribution >= 0.6 is 23.2 Å². The summed E-state index contributed by atoms with van der Waals surface area (Å²) in [5.41, 5.74) is 3.61. The molecular formula is C23H24Cl2N4. The Labute approximate surface area is 181 Å². The van der Waals surface area contributed by atoms with Crippen LogP contribution in [0.1, 0.15) is 19.3 Å². The van der Waals surface area contributed by atoms with E-state index in [1.165, 1.54) is 32.4 Å². The van der Waals surface area contributed by atoms with E-state index in [2.05, 4.69) is 10.2 Å². The Morgan fingerprint density at radius 2 is 1.38 bits per heavy atom. The third-order valence-corrected chi connectivity index (χ3v) is 5.69. The lowest BCUT2D eigenvalue weighted by Crippen LogP contribution is -2.33. The largest absolute Gasteiger partial charge is 0.367 e. The topological polar surface area (TPSA) is 41.1 Å². The van der Waals surface area contributed by atoms with Crippen LogP contribution in [0.15, 0.2) is 54.7 Å². The van der Waals surface area contributed by atoms with Gasteiger partial charge >= 0.3 is 0 Å². The van der Waals surface area contributed by atoms with Gasteiger partial charge in [0.25, 0.3) is 0 Å². The molecule has 0 spiro atoms.